The van der Waals surface area contributed by atoms with Gasteiger partial charge in [0.15, 0.2) is 0 Å². The average Bonchev–Trinajstić information content (AvgIpc) is 2.49. The second kappa shape index (κ2) is 7.47. The number of carbonyl (C=O) groups excluding carboxylic acids is 1. The smallest absolute Gasteiger partial charge is 0.338 e. The van der Waals surface area contributed by atoms with E-state index in [-0.39, 0.29) is 5.97 Å². The molecule has 110 valence electrons. The van der Waals surface area contributed by atoms with Crippen LogP contribution in [0.4, 0.5) is 5.69 Å². The van der Waals surface area contributed by atoms with E-state index in [1.54, 1.807) is 0 Å². The van der Waals surface area contributed by atoms with Crippen molar-refractivity contribution in [2.75, 3.05) is 12.4 Å². The van der Waals surface area contributed by atoms with E-state index in [9.17, 15) is 4.79 Å². The van der Waals surface area contributed by atoms with Crippen LogP contribution < -0.4 is 5.32 Å². The largest absolute Gasteiger partial charge is 0.465 e. The van der Waals surface area contributed by atoms with Crippen molar-refractivity contribution in [2.24, 2.45) is 0 Å². The lowest BCUT2D eigenvalue weighted by Crippen LogP contribution is -2.09. The molecule has 0 aliphatic heterocycles. The van der Waals surface area contributed by atoms with Crippen LogP contribution in [0.2, 0.25) is 5.02 Å². The summed E-state index contributed by atoms with van der Waals surface area (Å²) < 4.78 is 6.63. The normalized spacial score (nSPS) is 10.3. The second-order valence-corrected chi connectivity index (χ2v) is 6.73. The summed E-state index contributed by atoms with van der Waals surface area (Å²) in [4.78, 5) is 11.8. The van der Waals surface area contributed by atoms with E-state index in [4.69, 9.17) is 16.3 Å². The molecule has 2 aromatic carbocycles. The Bertz CT molecular complexity index is 679. The quantitative estimate of drug-likeness (QED) is 0.489. The molecule has 2 rings (SSSR count). The fourth-order valence-corrected chi connectivity index (χ4v) is 2.88. The van der Waals surface area contributed by atoms with Gasteiger partial charge >= 0.3 is 5.97 Å². The molecule has 0 spiro atoms. The fraction of sp³-hybridized carbons (Fsp3) is 0.133. The number of esters is 1. The zero-order valence-electron chi connectivity index (χ0n) is 11.1. The number of nitrogens with one attached hydrogen (secondary N) is 1. The Morgan fingerprint density at radius 2 is 2.14 bits per heavy atom. The first-order valence-electron chi connectivity index (χ1n) is 6.07. The fourth-order valence-electron chi connectivity index (χ4n) is 1.83. The van der Waals surface area contributed by atoms with Gasteiger partial charge in [-0.25, -0.2) is 4.79 Å². The van der Waals surface area contributed by atoms with Crippen LogP contribution in [0, 0.1) is 3.57 Å². The van der Waals surface area contributed by atoms with Crippen molar-refractivity contribution >= 4 is 61.8 Å². The Labute approximate surface area is 150 Å². The lowest BCUT2D eigenvalue weighted by Gasteiger charge is -2.12. The summed E-state index contributed by atoms with van der Waals surface area (Å²) in [6, 6.07) is 11.3. The van der Waals surface area contributed by atoms with E-state index in [2.05, 4.69) is 43.8 Å². The predicted molar refractivity (Wildman–Crippen MR) is 97.0 cm³/mol. The van der Waals surface area contributed by atoms with Gasteiger partial charge in [-0.1, -0.05) is 23.7 Å². The molecule has 21 heavy (non-hydrogen) atoms. The third kappa shape index (κ3) is 4.11. The van der Waals surface area contributed by atoms with Gasteiger partial charge in [-0.3, -0.25) is 0 Å². The van der Waals surface area contributed by atoms with E-state index < -0.39 is 0 Å². The molecular weight excluding hydrogens is 468 g/mol. The molecule has 0 saturated heterocycles. The highest BCUT2D eigenvalue weighted by Crippen LogP contribution is 2.30. The molecule has 0 bridgehead atoms. The lowest BCUT2D eigenvalue weighted by molar-refractivity contribution is 0.0599. The van der Waals surface area contributed by atoms with Crippen molar-refractivity contribution in [2.45, 2.75) is 6.54 Å². The summed E-state index contributed by atoms with van der Waals surface area (Å²) in [5.74, 6) is -0.342. The molecule has 0 aromatic heterocycles. The Morgan fingerprint density at radius 3 is 2.86 bits per heavy atom. The van der Waals surface area contributed by atoms with E-state index in [0.29, 0.717) is 17.1 Å². The summed E-state index contributed by atoms with van der Waals surface area (Å²) >= 11 is 11.8. The Balaban J connectivity index is 2.24. The number of carbonyl (C=O) groups is 1. The number of halogens is 3. The van der Waals surface area contributed by atoms with Crippen LogP contribution in [0.15, 0.2) is 40.9 Å². The minimum atomic E-state index is -0.342. The molecule has 0 saturated carbocycles. The standard InChI is InChI=1S/C15H12BrClINO2/c1-21-15(20)11-7-10(18)6-5-9(11)8-19-13-4-2-3-12(16)14(13)17/h2-7,19H,8H2,1H3. The highest BCUT2D eigenvalue weighted by molar-refractivity contribution is 14.1. The Hall–Kier alpha value is -0.790. The summed E-state index contributed by atoms with van der Waals surface area (Å²) in [5.41, 5.74) is 2.22. The van der Waals surface area contributed by atoms with Gasteiger partial charge in [-0.2, -0.15) is 0 Å². The van der Waals surface area contributed by atoms with Crippen LogP contribution in [0.5, 0.6) is 0 Å². The Kier molecular flexibility index (Phi) is 5.89. The van der Waals surface area contributed by atoms with Crippen molar-refractivity contribution in [3.8, 4) is 0 Å². The van der Waals surface area contributed by atoms with Gasteiger partial charge in [-0.05, 0) is 68.3 Å². The summed E-state index contributed by atoms with van der Waals surface area (Å²) in [6.07, 6.45) is 0. The first-order chi connectivity index (χ1) is 10.0. The molecule has 0 fully saturated rings. The third-order valence-electron chi connectivity index (χ3n) is 2.90. The Morgan fingerprint density at radius 1 is 1.38 bits per heavy atom. The van der Waals surface area contributed by atoms with Gasteiger partial charge in [0.25, 0.3) is 0 Å². The molecule has 0 heterocycles. The van der Waals surface area contributed by atoms with Crippen LogP contribution >= 0.6 is 50.1 Å². The molecule has 1 N–H and O–H groups in total. The third-order valence-corrected chi connectivity index (χ3v) is 4.87. The van der Waals surface area contributed by atoms with Gasteiger partial charge in [0.2, 0.25) is 0 Å². The minimum Gasteiger partial charge on any atom is -0.465 e. The van der Waals surface area contributed by atoms with Crippen molar-refractivity contribution in [1.29, 1.82) is 0 Å². The number of hydrogen-bond donors (Lipinski definition) is 1. The van der Waals surface area contributed by atoms with Crippen LogP contribution in [0.25, 0.3) is 0 Å². The summed E-state index contributed by atoms with van der Waals surface area (Å²) in [6.45, 7) is 0.484. The van der Waals surface area contributed by atoms with Crippen LogP contribution in [-0.2, 0) is 11.3 Å². The van der Waals surface area contributed by atoms with Crippen molar-refractivity contribution in [3.63, 3.8) is 0 Å². The van der Waals surface area contributed by atoms with Gasteiger partial charge in [0.1, 0.15) is 0 Å². The summed E-state index contributed by atoms with van der Waals surface area (Å²) in [7, 11) is 1.38. The summed E-state index contributed by atoms with van der Waals surface area (Å²) in [5, 5.41) is 3.85. The van der Waals surface area contributed by atoms with E-state index >= 15 is 0 Å². The first-order valence-corrected chi connectivity index (χ1v) is 8.32. The number of methoxy groups -OCH3 is 1. The van der Waals surface area contributed by atoms with Crippen LogP contribution in [0.1, 0.15) is 15.9 Å². The molecular formula is C15H12BrClINO2. The topological polar surface area (TPSA) is 38.3 Å². The van der Waals surface area contributed by atoms with Gasteiger partial charge in [0, 0.05) is 14.6 Å². The van der Waals surface area contributed by atoms with Crippen LogP contribution in [0.3, 0.4) is 0 Å². The first kappa shape index (κ1) is 16.6. The molecule has 0 amide bonds. The van der Waals surface area contributed by atoms with Crippen molar-refractivity contribution in [3.05, 3.63) is 60.6 Å². The number of rotatable bonds is 4. The molecule has 0 radical (unpaired) electrons. The predicted octanol–water partition coefficient (Wildman–Crippen LogP) is 5.11. The maximum atomic E-state index is 11.8. The molecule has 0 aliphatic carbocycles. The van der Waals surface area contributed by atoms with E-state index in [0.717, 1.165) is 19.3 Å². The lowest BCUT2D eigenvalue weighted by atomic mass is 10.1. The maximum absolute atomic E-state index is 11.8. The molecule has 0 aliphatic rings. The van der Waals surface area contributed by atoms with E-state index in [1.807, 2.05) is 36.4 Å². The van der Waals surface area contributed by atoms with Gasteiger partial charge in [-0.15, -0.1) is 0 Å². The minimum absolute atomic E-state index is 0.342. The van der Waals surface area contributed by atoms with Crippen molar-refractivity contribution in [1.82, 2.24) is 0 Å². The number of anilines is 1. The molecule has 2 aromatic rings. The zero-order chi connectivity index (χ0) is 15.4. The maximum Gasteiger partial charge on any atom is 0.338 e. The monoisotopic (exact) mass is 479 g/mol. The average molecular weight is 481 g/mol. The molecule has 6 heteroatoms. The van der Waals surface area contributed by atoms with E-state index in [1.165, 1.54) is 7.11 Å². The number of hydrogen-bond acceptors (Lipinski definition) is 3. The van der Waals surface area contributed by atoms with Crippen molar-refractivity contribution < 1.29 is 9.53 Å². The zero-order valence-corrected chi connectivity index (χ0v) is 15.6. The highest BCUT2D eigenvalue weighted by atomic mass is 127. The van der Waals surface area contributed by atoms with Gasteiger partial charge in [0.05, 0.1) is 23.4 Å². The SMILES string of the molecule is COC(=O)c1cc(I)ccc1CNc1cccc(Br)c1Cl. The highest BCUT2D eigenvalue weighted by Gasteiger charge is 2.13. The second-order valence-electron chi connectivity index (χ2n) is 4.25. The molecule has 3 nitrogen and oxygen atoms in total. The van der Waals surface area contributed by atoms with Crippen LogP contribution in [-0.4, -0.2) is 13.1 Å². The molecule has 0 atom stereocenters. The van der Waals surface area contributed by atoms with Gasteiger partial charge < -0.3 is 10.1 Å². The number of ether oxygens (including phenoxy) is 1. The molecule has 0 unspecified atom stereocenters. The number of benzene rings is 2.